The molecule has 9 nitrogen and oxygen atoms in total. The summed E-state index contributed by atoms with van der Waals surface area (Å²) in [4.78, 5) is 11.0. The molecule has 3 aliphatic heterocycles. The lowest BCUT2D eigenvalue weighted by atomic mass is 9.82. The molecule has 7 unspecified atom stereocenters. The molecule has 0 aromatic heterocycles. The molecule has 4 rings (SSSR count). The third kappa shape index (κ3) is 5.47. The Morgan fingerprint density at radius 2 is 1.75 bits per heavy atom. The van der Waals surface area contributed by atoms with Gasteiger partial charge in [0.25, 0.3) is 0 Å². The van der Waals surface area contributed by atoms with E-state index in [0.29, 0.717) is 24.0 Å². The number of ether oxygens (including phenoxy) is 3. The monoisotopic (exact) mass is 455 g/mol. The number of methoxy groups -OCH3 is 3. The van der Waals surface area contributed by atoms with Gasteiger partial charge in [0.05, 0.1) is 30.6 Å². The summed E-state index contributed by atoms with van der Waals surface area (Å²) in [6.07, 6.45) is 7.71. The Morgan fingerprint density at radius 3 is 2.34 bits per heavy atom. The van der Waals surface area contributed by atoms with Crippen LogP contribution in [-0.4, -0.2) is 108 Å². The van der Waals surface area contributed by atoms with Crippen LogP contribution in [0.1, 0.15) is 38.5 Å². The van der Waals surface area contributed by atoms with E-state index in [1.807, 2.05) is 0 Å². The van der Waals surface area contributed by atoms with Crippen molar-refractivity contribution in [1.29, 1.82) is 0 Å². The molecule has 3 heterocycles. The summed E-state index contributed by atoms with van der Waals surface area (Å²) < 4.78 is 17.2. The van der Waals surface area contributed by atoms with Crippen LogP contribution in [0.4, 0.5) is 0 Å². The average molecular weight is 456 g/mol. The van der Waals surface area contributed by atoms with Gasteiger partial charge in [-0.05, 0) is 65.1 Å². The Balaban J connectivity index is 1.30. The highest BCUT2D eigenvalue weighted by Gasteiger charge is 2.43. The van der Waals surface area contributed by atoms with E-state index >= 15 is 0 Å². The predicted molar refractivity (Wildman–Crippen MR) is 123 cm³/mol. The van der Waals surface area contributed by atoms with Crippen LogP contribution in [0.15, 0.2) is 0 Å². The number of rotatable bonds is 8. The van der Waals surface area contributed by atoms with Gasteiger partial charge in [0, 0.05) is 40.3 Å². The van der Waals surface area contributed by atoms with Gasteiger partial charge in [0.15, 0.2) is 0 Å². The van der Waals surface area contributed by atoms with E-state index in [-0.39, 0.29) is 30.7 Å². The van der Waals surface area contributed by atoms with Gasteiger partial charge in [-0.3, -0.25) is 20.0 Å². The number of hydrogen-bond donors (Lipinski definition) is 3. The van der Waals surface area contributed by atoms with Crippen LogP contribution >= 0.6 is 0 Å². The Kier molecular flexibility index (Phi) is 8.80. The third-order valence-corrected chi connectivity index (χ3v) is 8.19. The van der Waals surface area contributed by atoms with E-state index in [2.05, 4.69) is 40.0 Å². The highest BCUT2D eigenvalue weighted by Crippen LogP contribution is 2.33. The summed E-state index contributed by atoms with van der Waals surface area (Å²) in [5.74, 6) is 1.08. The van der Waals surface area contributed by atoms with Crippen LogP contribution in [0.25, 0.3) is 0 Å². The van der Waals surface area contributed by atoms with Gasteiger partial charge >= 0.3 is 0 Å². The third-order valence-electron chi connectivity index (χ3n) is 8.19. The van der Waals surface area contributed by atoms with Crippen LogP contribution in [0.5, 0.6) is 0 Å². The quantitative estimate of drug-likeness (QED) is 0.487. The summed E-state index contributed by atoms with van der Waals surface area (Å²) in [7, 11) is 9.61. The SMILES string of the molecule is COC1CC(CN2CCCC2C2NC(C3CCC(N(C)C)NC3)NO2)CC(OC)C1OC. The largest absolute Gasteiger partial charge is 0.379 e. The van der Waals surface area contributed by atoms with Gasteiger partial charge in [0.2, 0.25) is 0 Å². The average Bonchev–Trinajstić information content (AvgIpc) is 3.48. The van der Waals surface area contributed by atoms with Crippen LogP contribution in [0.3, 0.4) is 0 Å². The zero-order chi connectivity index (χ0) is 22.7. The second-order valence-corrected chi connectivity index (χ2v) is 10.3. The highest BCUT2D eigenvalue weighted by molar-refractivity contribution is 4.95. The summed E-state index contributed by atoms with van der Waals surface area (Å²) in [5.41, 5.74) is 3.32. The Hall–Kier alpha value is -0.360. The predicted octanol–water partition coefficient (Wildman–Crippen LogP) is 0.570. The first-order valence-corrected chi connectivity index (χ1v) is 12.4. The molecule has 0 amide bonds. The van der Waals surface area contributed by atoms with Crippen LogP contribution in [0, 0.1) is 11.8 Å². The second kappa shape index (κ2) is 11.4. The van der Waals surface area contributed by atoms with E-state index in [1.165, 1.54) is 25.7 Å². The van der Waals surface area contributed by atoms with Gasteiger partial charge in [-0.25, -0.2) is 0 Å². The normalized spacial score (nSPS) is 43.9. The maximum Gasteiger partial charge on any atom is 0.146 e. The van der Waals surface area contributed by atoms with Gasteiger partial charge in [-0.1, -0.05) is 0 Å². The van der Waals surface area contributed by atoms with Crippen molar-refractivity contribution < 1.29 is 19.0 Å². The maximum absolute atomic E-state index is 6.11. The topological polar surface area (TPSA) is 79.5 Å². The first-order chi connectivity index (χ1) is 15.5. The molecular formula is C23H45N5O4. The van der Waals surface area contributed by atoms with E-state index in [0.717, 1.165) is 32.5 Å². The molecule has 9 heteroatoms. The lowest BCUT2D eigenvalue weighted by Gasteiger charge is -2.41. The van der Waals surface area contributed by atoms with E-state index in [9.17, 15) is 0 Å². The molecule has 1 saturated carbocycles. The molecule has 4 aliphatic rings. The van der Waals surface area contributed by atoms with E-state index in [4.69, 9.17) is 19.0 Å². The first-order valence-electron chi connectivity index (χ1n) is 12.4. The van der Waals surface area contributed by atoms with Crippen molar-refractivity contribution in [3.63, 3.8) is 0 Å². The lowest BCUT2D eigenvalue weighted by molar-refractivity contribution is -0.143. The van der Waals surface area contributed by atoms with Crippen molar-refractivity contribution in [2.45, 2.75) is 81.4 Å². The summed E-state index contributed by atoms with van der Waals surface area (Å²) >= 11 is 0. The molecule has 1 aliphatic carbocycles. The van der Waals surface area contributed by atoms with E-state index < -0.39 is 0 Å². The fourth-order valence-corrected chi connectivity index (χ4v) is 6.33. The number of nitrogens with one attached hydrogen (secondary N) is 3. The molecule has 4 fully saturated rings. The second-order valence-electron chi connectivity index (χ2n) is 10.3. The molecule has 0 radical (unpaired) electrons. The van der Waals surface area contributed by atoms with Crippen molar-refractivity contribution in [1.82, 2.24) is 25.9 Å². The first kappa shape index (κ1) is 24.8. The smallest absolute Gasteiger partial charge is 0.146 e. The van der Waals surface area contributed by atoms with Crippen LogP contribution in [-0.2, 0) is 19.0 Å². The molecule has 0 aromatic carbocycles. The van der Waals surface area contributed by atoms with Crippen molar-refractivity contribution in [3.05, 3.63) is 0 Å². The number of piperidine rings is 1. The fourth-order valence-electron chi connectivity index (χ4n) is 6.33. The molecule has 186 valence electrons. The fraction of sp³-hybridized carbons (Fsp3) is 1.00. The number of nitrogens with zero attached hydrogens (tertiary/aromatic N) is 2. The lowest BCUT2D eigenvalue weighted by Crippen LogP contribution is -2.55. The number of likely N-dealkylation sites (tertiary alicyclic amines) is 1. The minimum Gasteiger partial charge on any atom is -0.379 e. The minimum atomic E-state index is 0.0108. The molecule has 32 heavy (non-hydrogen) atoms. The molecular weight excluding hydrogens is 410 g/mol. The Labute approximate surface area is 193 Å². The molecule has 3 saturated heterocycles. The summed E-state index contributed by atoms with van der Waals surface area (Å²) in [6.45, 7) is 3.20. The Bertz CT molecular complexity index is 563. The maximum atomic E-state index is 6.11. The van der Waals surface area contributed by atoms with Gasteiger partial charge in [0.1, 0.15) is 12.3 Å². The van der Waals surface area contributed by atoms with Gasteiger partial charge in [-0.2, -0.15) is 5.48 Å². The summed E-state index contributed by atoms with van der Waals surface area (Å²) in [5, 5.41) is 7.44. The van der Waals surface area contributed by atoms with E-state index in [1.54, 1.807) is 21.3 Å². The molecule has 7 atom stereocenters. The van der Waals surface area contributed by atoms with Crippen molar-refractivity contribution in [2.24, 2.45) is 11.8 Å². The standard InChI is InChI=1S/C23H45N5O4/c1-27(2)20-9-8-16(13-24-20)22-25-23(32-26-22)17-7-6-10-28(17)14-15-11-18(29-3)21(31-5)19(12-15)30-4/h15-26H,6-14H2,1-5H3. The molecule has 0 bridgehead atoms. The van der Waals surface area contributed by atoms with Crippen LogP contribution in [0.2, 0.25) is 0 Å². The number of hydrogen-bond acceptors (Lipinski definition) is 9. The molecule has 0 spiro atoms. The van der Waals surface area contributed by atoms with Gasteiger partial charge in [-0.15, -0.1) is 0 Å². The zero-order valence-electron chi connectivity index (χ0n) is 20.6. The zero-order valence-corrected chi connectivity index (χ0v) is 20.6. The number of hydroxylamine groups is 1. The van der Waals surface area contributed by atoms with Crippen molar-refractivity contribution in [3.8, 4) is 0 Å². The molecule has 3 N–H and O–H groups in total. The molecule has 0 aromatic rings. The van der Waals surface area contributed by atoms with Gasteiger partial charge < -0.3 is 19.5 Å². The minimum absolute atomic E-state index is 0.0108. The van der Waals surface area contributed by atoms with Crippen LogP contribution < -0.4 is 16.1 Å². The summed E-state index contributed by atoms with van der Waals surface area (Å²) in [6, 6.07) is 0.403. The highest BCUT2D eigenvalue weighted by atomic mass is 16.7. The van der Waals surface area contributed by atoms with Crippen molar-refractivity contribution >= 4 is 0 Å². The van der Waals surface area contributed by atoms with Crippen molar-refractivity contribution in [2.75, 3.05) is 55.1 Å². The Morgan fingerprint density at radius 1 is 1.00 bits per heavy atom.